The van der Waals surface area contributed by atoms with Crippen molar-refractivity contribution in [3.8, 4) is 0 Å². The molecule has 9 heteroatoms. The van der Waals surface area contributed by atoms with Crippen molar-refractivity contribution in [2.24, 2.45) is 5.92 Å². The van der Waals surface area contributed by atoms with Crippen molar-refractivity contribution in [2.75, 3.05) is 11.6 Å². The average Bonchev–Trinajstić information content (AvgIpc) is 3.07. The van der Waals surface area contributed by atoms with E-state index >= 15 is 0 Å². The van der Waals surface area contributed by atoms with E-state index < -0.39 is 9.73 Å². The molecular weight excluding hydrogens is 388 g/mol. The number of anilines is 2. The Balaban J connectivity index is 1.77. The van der Waals surface area contributed by atoms with Gasteiger partial charge in [0.25, 0.3) is 5.56 Å². The highest BCUT2D eigenvalue weighted by Crippen LogP contribution is 2.36. The van der Waals surface area contributed by atoms with Gasteiger partial charge in [-0.15, -0.1) is 0 Å². The molecule has 3 atom stereocenters. The third kappa shape index (κ3) is 3.69. The maximum absolute atomic E-state index is 12.6. The number of rotatable bonds is 5. The summed E-state index contributed by atoms with van der Waals surface area (Å²) in [5, 5.41) is 16.2. The first-order valence-electron chi connectivity index (χ1n) is 9.60. The summed E-state index contributed by atoms with van der Waals surface area (Å²) in [7, 11) is -2.78. The molecule has 8 nitrogen and oxygen atoms in total. The van der Waals surface area contributed by atoms with Gasteiger partial charge in [-0.05, 0) is 43.2 Å². The average molecular weight is 413 g/mol. The second kappa shape index (κ2) is 7.47. The standard InChI is InChI=1S/C20H24N6O2S/c1-29(22,28)15-8-6-14(7-9-15)24-19-18-17(10-11-23-20(18)27)26(25-19)16-5-3-2-4-13(16)12-21/h6-13,16,21-22H,2-5H2,1H3,(H,23,27)(H,24,25)/t13-,16?,29?/m1/s1. The number of aromatic nitrogens is 3. The molecule has 152 valence electrons. The maximum Gasteiger partial charge on any atom is 0.261 e. The summed E-state index contributed by atoms with van der Waals surface area (Å²) in [5.41, 5.74) is 1.21. The fourth-order valence-corrected chi connectivity index (χ4v) is 4.67. The second-order valence-corrected chi connectivity index (χ2v) is 9.69. The van der Waals surface area contributed by atoms with Gasteiger partial charge in [0.2, 0.25) is 0 Å². The van der Waals surface area contributed by atoms with Gasteiger partial charge in [0.15, 0.2) is 5.82 Å². The molecule has 0 radical (unpaired) electrons. The molecule has 1 saturated carbocycles. The highest BCUT2D eigenvalue weighted by molar-refractivity contribution is 7.91. The Bertz CT molecular complexity index is 1210. The Kier molecular flexibility index (Phi) is 4.99. The molecule has 0 amide bonds. The number of fused-ring (bicyclic) bond motifs is 1. The van der Waals surface area contributed by atoms with E-state index in [4.69, 9.17) is 15.3 Å². The topological polar surface area (TPSA) is 127 Å². The Morgan fingerprint density at radius 1 is 1.24 bits per heavy atom. The molecule has 0 aliphatic heterocycles. The van der Waals surface area contributed by atoms with Crippen LogP contribution in [0.4, 0.5) is 11.5 Å². The van der Waals surface area contributed by atoms with Gasteiger partial charge in [-0.25, -0.2) is 8.99 Å². The molecule has 2 aromatic heterocycles. The lowest BCUT2D eigenvalue weighted by atomic mass is 9.85. The van der Waals surface area contributed by atoms with Crippen molar-refractivity contribution in [2.45, 2.75) is 36.6 Å². The molecule has 3 aromatic rings. The van der Waals surface area contributed by atoms with Crippen LogP contribution in [0.5, 0.6) is 0 Å². The molecule has 4 rings (SSSR count). The maximum atomic E-state index is 12.6. The molecule has 2 unspecified atom stereocenters. The Morgan fingerprint density at radius 2 is 1.97 bits per heavy atom. The van der Waals surface area contributed by atoms with Crippen molar-refractivity contribution in [1.29, 1.82) is 10.2 Å². The minimum atomic E-state index is -2.78. The van der Waals surface area contributed by atoms with E-state index in [1.807, 2.05) is 10.7 Å². The van der Waals surface area contributed by atoms with Gasteiger partial charge in [-0.3, -0.25) is 9.48 Å². The largest absolute Gasteiger partial charge is 0.338 e. The zero-order valence-corrected chi connectivity index (χ0v) is 17.0. The van der Waals surface area contributed by atoms with Crippen LogP contribution in [0, 0.1) is 16.1 Å². The van der Waals surface area contributed by atoms with Gasteiger partial charge in [-0.2, -0.15) is 5.10 Å². The van der Waals surface area contributed by atoms with Crippen LogP contribution in [-0.2, 0) is 9.73 Å². The lowest BCUT2D eigenvalue weighted by Gasteiger charge is -2.29. The number of aromatic amines is 1. The molecule has 1 fully saturated rings. The van der Waals surface area contributed by atoms with Crippen molar-refractivity contribution in [3.05, 3.63) is 46.9 Å². The second-order valence-electron chi connectivity index (χ2n) is 7.54. The zero-order valence-electron chi connectivity index (χ0n) is 16.1. The van der Waals surface area contributed by atoms with E-state index in [1.54, 1.807) is 30.5 Å². The minimum absolute atomic E-state index is 0.0524. The summed E-state index contributed by atoms with van der Waals surface area (Å²) in [6.45, 7) is 0. The Hall–Kier alpha value is -2.94. The van der Waals surface area contributed by atoms with Gasteiger partial charge in [-0.1, -0.05) is 12.8 Å². The zero-order chi connectivity index (χ0) is 20.6. The predicted octanol–water partition coefficient (Wildman–Crippen LogP) is 3.88. The van der Waals surface area contributed by atoms with E-state index in [0.717, 1.165) is 31.2 Å². The van der Waals surface area contributed by atoms with Crippen LogP contribution in [0.25, 0.3) is 10.9 Å². The lowest BCUT2D eigenvalue weighted by Crippen LogP contribution is -2.25. The molecule has 29 heavy (non-hydrogen) atoms. The minimum Gasteiger partial charge on any atom is -0.338 e. The van der Waals surface area contributed by atoms with E-state index in [-0.39, 0.29) is 17.5 Å². The van der Waals surface area contributed by atoms with Crippen LogP contribution in [0.1, 0.15) is 31.7 Å². The normalized spacial score (nSPS) is 21.6. The summed E-state index contributed by atoms with van der Waals surface area (Å²) in [6.07, 6.45) is 8.55. The van der Waals surface area contributed by atoms with Crippen LogP contribution in [0.15, 0.2) is 46.2 Å². The van der Waals surface area contributed by atoms with Crippen LogP contribution in [0.2, 0.25) is 0 Å². The highest BCUT2D eigenvalue weighted by atomic mass is 32.2. The number of hydrogen-bond acceptors (Lipinski definition) is 6. The van der Waals surface area contributed by atoms with E-state index in [1.165, 1.54) is 12.5 Å². The van der Waals surface area contributed by atoms with E-state index in [2.05, 4.69) is 10.3 Å². The van der Waals surface area contributed by atoms with E-state index in [0.29, 0.717) is 21.8 Å². The number of nitrogens with zero attached hydrogens (tertiary/aromatic N) is 2. The quantitative estimate of drug-likeness (QED) is 0.474. The predicted molar refractivity (Wildman–Crippen MR) is 115 cm³/mol. The Labute approximate surface area is 168 Å². The van der Waals surface area contributed by atoms with Crippen molar-refractivity contribution >= 4 is 38.4 Å². The van der Waals surface area contributed by atoms with Crippen molar-refractivity contribution < 1.29 is 4.21 Å². The molecule has 1 aliphatic rings. The summed E-state index contributed by atoms with van der Waals surface area (Å²) in [5.74, 6) is 0.556. The van der Waals surface area contributed by atoms with Crippen LogP contribution >= 0.6 is 0 Å². The van der Waals surface area contributed by atoms with Crippen molar-refractivity contribution in [3.63, 3.8) is 0 Å². The fraction of sp³-hybridized carbons (Fsp3) is 0.350. The van der Waals surface area contributed by atoms with Crippen LogP contribution < -0.4 is 10.9 Å². The summed E-state index contributed by atoms with van der Waals surface area (Å²) in [4.78, 5) is 15.7. The van der Waals surface area contributed by atoms with Gasteiger partial charge in [0.05, 0.1) is 21.3 Å². The van der Waals surface area contributed by atoms with Gasteiger partial charge >= 0.3 is 0 Å². The molecular formula is C20H24N6O2S. The highest BCUT2D eigenvalue weighted by Gasteiger charge is 2.28. The number of H-pyrrole nitrogens is 1. The number of pyridine rings is 1. The molecule has 0 saturated heterocycles. The lowest BCUT2D eigenvalue weighted by molar-refractivity contribution is 0.290. The first kappa shape index (κ1) is 19.4. The Morgan fingerprint density at radius 3 is 2.66 bits per heavy atom. The SMILES string of the molecule is CS(=N)(=O)c1ccc(Nc2nn(C3CCCC[C@@H]3C=N)c3cc[nH]c(=O)c23)cc1. The van der Waals surface area contributed by atoms with Gasteiger partial charge in [0.1, 0.15) is 5.39 Å². The van der Waals surface area contributed by atoms with Gasteiger partial charge in [0, 0.05) is 35.2 Å². The summed E-state index contributed by atoms with van der Waals surface area (Å²) < 4.78 is 21.5. The van der Waals surface area contributed by atoms with E-state index in [9.17, 15) is 9.00 Å². The number of benzene rings is 1. The number of nitrogens with one attached hydrogen (secondary N) is 4. The smallest absolute Gasteiger partial charge is 0.261 e. The summed E-state index contributed by atoms with van der Waals surface area (Å²) in [6, 6.07) is 8.66. The first-order chi connectivity index (χ1) is 13.9. The number of hydrogen-bond donors (Lipinski definition) is 4. The third-order valence-corrected chi connectivity index (χ3v) is 6.68. The first-order valence-corrected chi connectivity index (χ1v) is 11.6. The molecule has 1 aliphatic carbocycles. The monoisotopic (exact) mass is 412 g/mol. The van der Waals surface area contributed by atoms with Gasteiger partial charge < -0.3 is 15.7 Å². The molecule has 1 aromatic carbocycles. The molecule has 4 N–H and O–H groups in total. The third-order valence-electron chi connectivity index (χ3n) is 5.51. The molecule has 0 bridgehead atoms. The molecule has 2 heterocycles. The van der Waals surface area contributed by atoms with Crippen molar-refractivity contribution in [1.82, 2.24) is 14.8 Å². The van der Waals surface area contributed by atoms with Crippen LogP contribution in [-0.4, -0.2) is 31.4 Å². The molecule has 0 spiro atoms. The fourth-order valence-electron chi connectivity index (χ4n) is 4.01. The van der Waals surface area contributed by atoms with Crippen LogP contribution in [0.3, 0.4) is 0 Å². The summed E-state index contributed by atoms with van der Waals surface area (Å²) >= 11 is 0.